The smallest absolute Gasteiger partial charge is 0.414 e. The highest BCUT2D eigenvalue weighted by Gasteiger charge is 2.40. The van der Waals surface area contributed by atoms with E-state index in [2.05, 4.69) is 5.32 Å². The van der Waals surface area contributed by atoms with E-state index in [1.54, 1.807) is 4.90 Å². The molecular formula is C19H25F2N3O6S. The van der Waals surface area contributed by atoms with Gasteiger partial charge in [0.05, 0.1) is 18.8 Å². The minimum absolute atomic E-state index is 0.0103. The highest BCUT2D eigenvalue weighted by Crippen LogP contribution is 2.55. The van der Waals surface area contributed by atoms with Crippen LogP contribution in [0.5, 0.6) is 0 Å². The molecular weight excluding hydrogens is 436 g/mol. The Labute approximate surface area is 179 Å². The number of ether oxygens (including phenoxy) is 1. The number of rotatable bonds is 5. The molecule has 1 aromatic rings. The highest BCUT2D eigenvalue weighted by atomic mass is 32.3. The van der Waals surface area contributed by atoms with E-state index in [4.69, 9.17) is 9.84 Å². The molecule has 172 valence electrons. The fraction of sp³-hybridized carbons (Fsp3) is 0.579. The lowest BCUT2D eigenvalue weighted by atomic mass is 9.85. The molecule has 0 saturated carbocycles. The lowest BCUT2D eigenvalue weighted by Crippen LogP contribution is -2.44. The van der Waals surface area contributed by atoms with Gasteiger partial charge < -0.3 is 20.1 Å². The van der Waals surface area contributed by atoms with Gasteiger partial charge in [0.1, 0.15) is 11.8 Å². The molecule has 31 heavy (non-hydrogen) atoms. The number of carbonyl (C=O) groups is 2. The highest BCUT2D eigenvalue weighted by molar-refractivity contribution is 8.25. The normalized spacial score (nSPS) is 25.2. The first-order valence-electron chi connectivity index (χ1n) is 10.1. The number of anilines is 2. The van der Waals surface area contributed by atoms with Crippen LogP contribution >= 0.6 is 10.6 Å². The number of hydrogen-bond acceptors (Lipinski definition) is 6. The van der Waals surface area contributed by atoms with E-state index in [0.29, 0.717) is 30.5 Å². The van der Waals surface area contributed by atoms with Crippen LogP contribution in [0.15, 0.2) is 12.1 Å². The quantitative estimate of drug-likeness (QED) is 0.531. The second-order valence-electron chi connectivity index (χ2n) is 8.28. The molecule has 4 rings (SSSR count). The zero-order valence-electron chi connectivity index (χ0n) is 16.7. The molecule has 1 aromatic carbocycles. The van der Waals surface area contributed by atoms with Crippen LogP contribution in [0.25, 0.3) is 0 Å². The van der Waals surface area contributed by atoms with Gasteiger partial charge in [0.25, 0.3) is 0 Å². The third-order valence-electron chi connectivity index (χ3n) is 6.15. The number of carboxylic acid groups (broad SMARTS) is 1. The molecule has 1 atom stereocenters. The van der Waals surface area contributed by atoms with E-state index in [-0.39, 0.29) is 30.4 Å². The van der Waals surface area contributed by atoms with Crippen molar-refractivity contribution in [3.8, 4) is 0 Å². The molecule has 2 amide bonds. The fourth-order valence-electron chi connectivity index (χ4n) is 4.55. The van der Waals surface area contributed by atoms with Crippen molar-refractivity contribution >= 4 is 34.2 Å². The molecule has 3 aliphatic heterocycles. The summed E-state index contributed by atoms with van der Waals surface area (Å²) < 4.78 is 53.9. The van der Waals surface area contributed by atoms with Crippen LogP contribution in [0.2, 0.25) is 0 Å². The number of amides is 2. The molecule has 3 aliphatic rings. The van der Waals surface area contributed by atoms with E-state index in [9.17, 15) is 27.5 Å². The molecule has 0 radical (unpaired) electrons. The van der Waals surface area contributed by atoms with E-state index < -0.39 is 40.5 Å². The molecule has 12 heteroatoms. The summed E-state index contributed by atoms with van der Waals surface area (Å²) in [4.78, 5) is 25.4. The third kappa shape index (κ3) is 4.65. The number of piperidine rings is 1. The van der Waals surface area contributed by atoms with E-state index in [1.165, 1.54) is 0 Å². The summed E-state index contributed by atoms with van der Waals surface area (Å²) in [6.45, 7) is 0.777. The predicted molar refractivity (Wildman–Crippen MR) is 111 cm³/mol. The molecule has 4 N–H and O–H groups in total. The molecule has 0 spiro atoms. The zero-order valence-corrected chi connectivity index (χ0v) is 17.5. The van der Waals surface area contributed by atoms with E-state index in [0.717, 1.165) is 29.9 Å². The molecule has 9 nitrogen and oxygen atoms in total. The summed E-state index contributed by atoms with van der Waals surface area (Å²) in [6.07, 6.45) is -1.37. The SMILES string of the molecule is O=C(O)NCC1CN(c2cc(F)c(N3CCC(C4CS(O)(O)C4)CC3)c(F)c2)C(=O)O1. The number of nitrogens with one attached hydrogen (secondary N) is 1. The van der Waals surface area contributed by atoms with Gasteiger partial charge in [0.15, 0.2) is 11.6 Å². The van der Waals surface area contributed by atoms with Gasteiger partial charge in [0, 0.05) is 36.7 Å². The average molecular weight is 461 g/mol. The summed E-state index contributed by atoms with van der Waals surface area (Å²) in [6, 6.07) is 2.17. The Bertz CT molecular complexity index is 849. The first kappa shape index (κ1) is 21.9. The van der Waals surface area contributed by atoms with Crippen molar-refractivity contribution in [2.45, 2.75) is 18.9 Å². The van der Waals surface area contributed by atoms with Crippen LogP contribution in [-0.2, 0) is 4.74 Å². The molecule has 3 saturated heterocycles. The van der Waals surface area contributed by atoms with Crippen molar-refractivity contribution in [3.05, 3.63) is 23.8 Å². The molecule has 3 heterocycles. The van der Waals surface area contributed by atoms with Crippen molar-refractivity contribution in [1.29, 1.82) is 0 Å². The first-order chi connectivity index (χ1) is 14.6. The Morgan fingerprint density at radius 2 is 1.77 bits per heavy atom. The lowest BCUT2D eigenvalue weighted by molar-refractivity contribution is 0.136. The van der Waals surface area contributed by atoms with Gasteiger partial charge in [-0.15, -0.1) is 0 Å². The topological polar surface area (TPSA) is 123 Å². The maximum Gasteiger partial charge on any atom is 0.414 e. The van der Waals surface area contributed by atoms with Gasteiger partial charge in [-0.2, -0.15) is 10.6 Å². The van der Waals surface area contributed by atoms with Gasteiger partial charge in [-0.3, -0.25) is 14.0 Å². The van der Waals surface area contributed by atoms with E-state index >= 15 is 0 Å². The van der Waals surface area contributed by atoms with Crippen LogP contribution in [0.1, 0.15) is 12.8 Å². The van der Waals surface area contributed by atoms with Crippen LogP contribution in [0, 0.1) is 23.5 Å². The van der Waals surface area contributed by atoms with Crippen LogP contribution < -0.4 is 15.1 Å². The Balaban J connectivity index is 1.40. The number of cyclic esters (lactones) is 1. The molecule has 0 bridgehead atoms. The summed E-state index contributed by atoms with van der Waals surface area (Å²) in [7, 11) is -2.40. The maximum atomic E-state index is 14.8. The molecule has 0 aliphatic carbocycles. The summed E-state index contributed by atoms with van der Waals surface area (Å²) in [5.41, 5.74) is -0.132. The summed E-state index contributed by atoms with van der Waals surface area (Å²) in [5.74, 6) is -0.155. The molecule has 0 aromatic heterocycles. The van der Waals surface area contributed by atoms with Crippen molar-refractivity contribution in [2.24, 2.45) is 11.8 Å². The van der Waals surface area contributed by atoms with Crippen molar-refractivity contribution in [3.63, 3.8) is 0 Å². The molecule has 1 unspecified atom stereocenters. The van der Waals surface area contributed by atoms with Gasteiger partial charge >= 0.3 is 12.2 Å². The Morgan fingerprint density at radius 1 is 1.16 bits per heavy atom. The van der Waals surface area contributed by atoms with Crippen LogP contribution in [-0.4, -0.2) is 70.2 Å². The van der Waals surface area contributed by atoms with Gasteiger partial charge in [-0.25, -0.2) is 18.4 Å². The lowest BCUT2D eigenvalue weighted by Gasteiger charge is -2.51. The minimum atomic E-state index is -2.40. The monoisotopic (exact) mass is 461 g/mol. The fourth-order valence-corrected chi connectivity index (χ4v) is 6.37. The van der Waals surface area contributed by atoms with Crippen molar-refractivity contribution in [2.75, 3.05) is 47.5 Å². The van der Waals surface area contributed by atoms with Crippen LogP contribution in [0.3, 0.4) is 0 Å². The first-order valence-corrected chi connectivity index (χ1v) is 11.9. The number of halogens is 2. The predicted octanol–water partition coefficient (Wildman–Crippen LogP) is 3.15. The van der Waals surface area contributed by atoms with Crippen molar-refractivity contribution < 1.29 is 37.3 Å². The summed E-state index contributed by atoms with van der Waals surface area (Å²) in [5, 5.41) is 10.8. The van der Waals surface area contributed by atoms with Crippen LogP contribution in [0.4, 0.5) is 29.7 Å². The number of carbonyl (C=O) groups excluding carboxylic acids is 1. The number of benzene rings is 1. The standard InChI is InChI=1S/C19H25F2N3O6S/c20-15-5-13(24-8-14(30-19(24)27)7-22-18(25)26)6-16(21)17(15)23-3-1-11(2-4-23)12-9-31(28,29)10-12/h5-6,11-12,14,22,28-29H,1-4,7-10H2,(H,25,26). The second kappa shape index (κ2) is 8.32. The Kier molecular flexibility index (Phi) is 5.88. The maximum absolute atomic E-state index is 14.8. The van der Waals surface area contributed by atoms with Gasteiger partial charge in [-0.05, 0) is 24.7 Å². The third-order valence-corrected chi connectivity index (χ3v) is 8.08. The zero-order chi connectivity index (χ0) is 22.3. The van der Waals surface area contributed by atoms with Gasteiger partial charge in [-0.1, -0.05) is 0 Å². The Morgan fingerprint density at radius 3 is 2.32 bits per heavy atom. The average Bonchev–Trinajstić information content (AvgIpc) is 3.05. The second-order valence-corrected chi connectivity index (χ2v) is 10.6. The minimum Gasteiger partial charge on any atom is -0.465 e. The van der Waals surface area contributed by atoms with Crippen molar-refractivity contribution in [1.82, 2.24) is 5.32 Å². The Hall–Kier alpha value is -2.31. The molecule has 3 fully saturated rings. The van der Waals surface area contributed by atoms with Gasteiger partial charge in [0.2, 0.25) is 0 Å². The largest absolute Gasteiger partial charge is 0.465 e. The summed E-state index contributed by atoms with van der Waals surface area (Å²) >= 11 is 0. The number of hydrogen-bond donors (Lipinski definition) is 4. The van der Waals surface area contributed by atoms with E-state index in [1.807, 2.05) is 0 Å². The number of nitrogens with zero attached hydrogens (tertiary/aromatic N) is 2.